The minimum atomic E-state index is -0.101. The van der Waals surface area contributed by atoms with Gasteiger partial charge >= 0.3 is 6.03 Å². The summed E-state index contributed by atoms with van der Waals surface area (Å²) in [4.78, 5) is 16.4. The third kappa shape index (κ3) is 4.01. The van der Waals surface area contributed by atoms with Crippen LogP contribution in [0.1, 0.15) is 5.56 Å². The van der Waals surface area contributed by atoms with Crippen LogP contribution in [0.25, 0.3) is 0 Å². The van der Waals surface area contributed by atoms with Crippen LogP contribution in [0.4, 0.5) is 16.2 Å². The summed E-state index contributed by atoms with van der Waals surface area (Å²) in [7, 11) is 1.61. The second-order valence-corrected chi connectivity index (χ2v) is 5.79. The maximum atomic E-state index is 12.4. The molecule has 2 aromatic carbocycles. The zero-order valence-electron chi connectivity index (χ0n) is 14.1. The molecule has 1 N–H and O–H groups in total. The molecule has 6 nitrogen and oxygen atoms in total. The van der Waals surface area contributed by atoms with Crippen molar-refractivity contribution in [3.8, 4) is 11.8 Å². The zero-order valence-corrected chi connectivity index (χ0v) is 14.1. The van der Waals surface area contributed by atoms with Gasteiger partial charge in [0.1, 0.15) is 5.75 Å². The van der Waals surface area contributed by atoms with E-state index in [9.17, 15) is 4.79 Å². The van der Waals surface area contributed by atoms with Crippen LogP contribution in [-0.4, -0.2) is 44.2 Å². The summed E-state index contributed by atoms with van der Waals surface area (Å²) in [5, 5.41) is 11.9. The van der Waals surface area contributed by atoms with Crippen LogP contribution in [0.3, 0.4) is 0 Å². The largest absolute Gasteiger partial charge is 0.497 e. The van der Waals surface area contributed by atoms with Gasteiger partial charge in [0.2, 0.25) is 0 Å². The highest BCUT2D eigenvalue weighted by Crippen LogP contribution is 2.19. The van der Waals surface area contributed by atoms with Crippen LogP contribution in [-0.2, 0) is 0 Å². The molecule has 3 rings (SSSR count). The third-order valence-electron chi connectivity index (χ3n) is 4.25. The van der Waals surface area contributed by atoms with Gasteiger partial charge in [-0.1, -0.05) is 6.07 Å². The van der Waals surface area contributed by atoms with Gasteiger partial charge in [-0.2, -0.15) is 5.26 Å². The topological polar surface area (TPSA) is 68.6 Å². The van der Waals surface area contributed by atoms with E-state index in [0.29, 0.717) is 18.7 Å². The summed E-state index contributed by atoms with van der Waals surface area (Å²) >= 11 is 0. The number of carbonyl (C=O) groups is 1. The molecule has 0 unspecified atom stereocenters. The van der Waals surface area contributed by atoms with Gasteiger partial charge in [-0.15, -0.1) is 0 Å². The number of nitriles is 1. The number of nitrogens with zero attached hydrogens (tertiary/aromatic N) is 3. The van der Waals surface area contributed by atoms with Crippen LogP contribution in [0, 0.1) is 11.3 Å². The van der Waals surface area contributed by atoms with Crippen molar-refractivity contribution in [1.82, 2.24) is 4.90 Å². The highest BCUT2D eigenvalue weighted by molar-refractivity contribution is 5.89. The molecular formula is C19H20N4O2. The molecule has 0 atom stereocenters. The number of benzene rings is 2. The van der Waals surface area contributed by atoms with Gasteiger partial charge in [0.15, 0.2) is 0 Å². The first-order valence-corrected chi connectivity index (χ1v) is 8.14. The smallest absolute Gasteiger partial charge is 0.321 e. The molecule has 128 valence electrons. The standard InChI is InChI=1S/C19H20N4O2/c1-25-18-7-5-16(6-8-18)21-19(24)23-11-9-22(10-12-23)17-4-2-3-15(13-17)14-20/h2-8,13H,9-12H2,1H3,(H,21,24). The fourth-order valence-electron chi connectivity index (χ4n) is 2.82. The molecular weight excluding hydrogens is 316 g/mol. The van der Waals surface area contributed by atoms with E-state index in [4.69, 9.17) is 10.00 Å². The Morgan fingerprint density at radius 3 is 2.48 bits per heavy atom. The lowest BCUT2D eigenvalue weighted by Gasteiger charge is -2.36. The fraction of sp³-hybridized carbons (Fsp3) is 0.263. The van der Waals surface area contributed by atoms with E-state index in [-0.39, 0.29) is 6.03 Å². The summed E-state index contributed by atoms with van der Waals surface area (Å²) in [6.07, 6.45) is 0. The van der Waals surface area contributed by atoms with E-state index in [1.54, 1.807) is 18.1 Å². The van der Waals surface area contributed by atoms with Crippen molar-refractivity contribution in [2.75, 3.05) is 43.5 Å². The van der Waals surface area contributed by atoms with Crippen molar-refractivity contribution in [3.63, 3.8) is 0 Å². The van der Waals surface area contributed by atoms with Gasteiger partial charge in [-0.05, 0) is 42.5 Å². The number of anilines is 2. The summed E-state index contributed by atoms with van der Waals surface area (Å²) in [6, 6.07) is 16.9. The monoisotopic (exact) mass is 336 g/mol. The van der Waals surface area contributed by atoms with Crippen molar-refractivity contribution in [3.05, 3.63) is 54.1 Å². The first kappa shape index (κ1) is 16.7. The van der Waals surface area contributed by atoms with Crippen LogP contribution in [0.5, 0.6) is 5.75 Å². The van der Waals surface area contributed by atoms with E-state index in [1.807, 2.05) is 42.5 Å². The average molecular weight is 336 g/mol. The molecule has 0 saturated carbocycles. The number of ether oxygens (including phenoxy) is 1. The fourth-order valence-corrected chi connectivity index (χ4v) is 2.82. The lowest BCUT2D eigenvalue weighted by Crippen LogP contribution is -2.50. The molecule has 1 aliphatic heterocycles. The first-order valence-electron chi connectivity index (χ1n) is 8.14. The predicted octanol–water partition coefficient (Wildman–Crippen LogP) is 2.92. The summed E-state index contributed by atoms with van der Waals surface area (Å²) in [5.74, 6) is 0.756. The average Bonchev–Trinajstić information content (AvgIpc) is 2.68. The van der Waals surface area contributed by atoms with Gasteiger partial charge in [-0.25, -0.2) is 4.79 Å². The second kappa shape index (κ2) is 7.58. The van der Waals surface area contributed by atoms with Crippen LogP contribution >= 0.6 is 0 Å². The zero-order chi connectivity index (χ0) is 17.6. The summed E-state index contributed by atoms with van der Waals surface area (Å²) < 4.78 is 5.11. The number of piperazine rings is 1. The molecule has 0 radical (unpaired) electrons. The van der Waals surface area contributed by atoms with E-state index in [0.717, 1.165) is 30.2 Å². The van der Waals surface area contributed by atoms with Gasteiger partial charge in [0.05, 0.1) is 18.7 Å². The van der Waals surface area contributed by atoms with Crippen LogP contribution < -0.4 is 15.0 Å². The number of nitrogens with one attached hydrogen (secondary N) is 1. The van der Waals surface area contributed by atoms with Crippen molar-refractivity contribution in [2.45, 2.75) is 0 Å². The predicted molar refractivity (Wildman–Crippen MR) is 97.0 cm³/mol. The van der Waals surface area contributed by atoms with Gasteiger partial charge in [0, 0.05) is 37.6 Å². The first-order chi connectivity index (χ1) is 12.2. The minimum Gasteiger partial charge on any atom is -0.497 e. The van der Waals surface area contributed by atoms with Crippen molar-refractivity contribution < 1.29 is 9.53 Å². The highest BCUT2D eigenvalue weighted by atomic mass is 16.5. The minimum absolute atomic E-state index is 0.101. The quantitative estimate of drug-likeness (QED) is 0.936. The van der Waals surface area contributed by atoms with Gasteiger partial charge in [-0.3, -0.25) is 0 Å². The lowest BCUT2D eigenvalue weighted by molar-refractivity contribution is 0.208. The number of amides is 2. The SMILES string of the molecule is COc1ccc(NC(=O)N2CCN(c3cccc(C#N)c3)CC2)cc1. The Labute approximate surface area is 147 Å². The molecule has 0 bridgehead atoms. The molecule has 1 saturated heterocycles. The molecule has 1 heterocycles. The Bertz CT molecular complexity index is 775. The number of hydrogen-bond acceptors (Lipinski definition) is 4. The summed E-state index contributed by atoms with van der Waals surface area (Å²) in [6.45, 7) is 2.76. The number of urea groups is 1. The van der Waals surface area contributed by atoms with E-state index in [2.05, 4.69) is 16.3 Å². The van der Waals surface area contributed by atoms with Crippen LogP contribution in [0.2, 0.25) is 0 Å². The lowest BCUT2D eigenvalue weighted by atomic mass is 10.2. The number of rotatable bonds is 3. The number of carbonyl (C=O) groups excluding carboxylic acids is 1. The molecule has 0 spiro atoms. The molecule has 0 aromatic heterocycles. The Morgan fingerprint density at radius 1 is 1.12 bits per heavy atom. The molecule has 25 heavy (non-hydrogen) atoms. The Hall–Kier alpha value is -3.20. The maximum absolute atomic E-state index is 12.4. The number of methoxy groups -OCH3 is 1. The molecule has 0 aliphatic carbocycles. The molecule has 2 aromatic rings. The van der Waals surface area contributed by atoms with Gasteiger partial charge < -0.3 is 19.9 Å². The van der Waals surface area contributed by atoms with E-state index in [1.165, 1.54) is 0 Å². The van der Waals surface area contributed by atoms with Crippen molar-refractivity contribution in [1.29, 1.82) is 5.26 Å². The molecule has 2 amide bonds. The maximum Gasteiger partial charge on any atom is 0.321 e. The Morgan fingerprint density at radius 2 is 1.84 bits per heavy atom. The van der Waals surface area contributed by atoms with Crippen molar-refractivity contribution in [2.24, 2.45) is 0 Å². The molecule has 1 aliphatic rings. The van der Waals surface area contributed by atoms with Crippen molar-refractivity contribution >= 4 is 17.4 Å². The Balaban J connectivity index is 1.56. The second-order valence-electron chi connectivity index (χ2n) is 5.79. The van der Waals surface area contributed by atoms with E-state index >= 15 is 0 Å². The van der Waals surface area contributed by atoms with E-state index < -0.39 is 0 Å². The highest BCUT2D eigenvalue weighted by Gasteiger charge is 2.21. The third-order valence-corrected chi connectivity index (χ3v) is 4.25. The molecule has 1 fully saturated rings. The van der Waals surface area contributed by atoms with Gasteiger partial charge in [0.25, 0.3) is 0 Å². The normalized spacial score (nSPS) is 13.9. The Kier molecular flexibility index (Phi) is 5.05. The summed E-state index contributed by atoms with van der Waals surface area (Å²) in [5.41, 5.74) is 2.42. The van der Waals surface area contributed by atoms with Crippen LogP contribution in [0.15, 0.2) is 48.5 Å². The number of hydrogen-bond donors (Lipinski definition) is 1. The molecule has 6 heteroatoms.